The first kappa shape index (κ1) is 6.44. The van der Waals surface area contributed by atoms with Crippen molar-refractivity contribution in [2.45, 2.75) is 0 Å². The molecule has 1 atom stereocenters. The van der Waals surface area contributed by atoms with E-state index < -0.39 is 9.90 Å². The van der Waals surface area contributed by atoms with Crippen LogP contribution < -0.4 is 0 Å². The maximum atomic E-state index is 8.81. The summed E-state index contributed by atoms with van der Waals surface area (Å²) in [5.74, 6) is 0. The molecule has 0 bridgehead atoms. The van der Waals surface area contributed by atoms with Gasteiger partial charge in [-0.3, -0.25) is 8.74 Å². The zero-order valence-corrected chi connectivity index (χ0v) is 5.70. The van der Waals surface area contributed by atoms with Crippen LogP contribution in [0.4, 0.5) is 0 Å². The van der Waals surface area contributed by atoms with E-state index in [-0.39, 0.29) is 0 Å². The van der Waals surface area contributed by atoms with Gasteiger partial charge in [-0.2, -0.15) is 3.63 Å². The summed E-state index contributed by atoms with van der Waals surface area (Å²) < 4.78 is 18.0. The fraction of sp³-hybridized carbons (Fsp3) is 0.333. The Bertz CT molecular complexity index is 101. The van der Waals surface area contributed by atoms with E-state index in [2.05, 4.69) is 10.2 Å². The lowest BCUT2D eigenvalue weighted by Gasteiger charge is -2.01. The van der Waals surface area contributed by atoms with Crippen LogP contribution >= 0.6 is 21.0 Å². The Labute approximate surface area is 53.2 Å². The molecule has 1 fully saturated rings. The fourth-order valence-electron chi connectivity index (χ4n) is 0.197. The van der Waals surface area contributed by atoms with Crippen LogP contribution in [0.15, 0.2) is 12.7 Å². The molecule has 0 aromatic rings. The van der Waals surface area contributed by atoms with Gasteiger partial charge >= 0.3 is 0 Å². The molecule has 1 saturated heterocycles. The second kappa shape index (κ2) is 2.28. The Morgan fingerprint density at radius 1 is 2.00 bits per heavy atom. The summed E-state index contributed by atoms with van der Waals surface area (Å²) >= 11 is 0.979. The van der Waals surface area contributed by atoms with Crippen molar-refractivity contribution < 1.29 is 12.4 Å². The Kier molecular flexibility index (Phi) is 1.84. The quantitative estimate of drug-likeness (QED) is 0.292. The molecule has 1 heterocycles. The van der Waals surface area contributed by atoms with E-state index >= 15 is 0 Å². The summed E-state index contributed by atoms with van der Waals surface area (Å²) in [4.78, 5) is 0. The number of rotatable bonds is 3. The number of hydrogen-bond donors (Lipinski definition) is 1. The first-order valence-electron chi connectivity index (χ1n) is 1.95. The predicted octanol–water partition coefficient (Wildman–Crippen LogP) is 1.89. The van der Waals surface area contributed by atoms with Crippen LogP contribution in [0.5, 0.6) is 0 Å². The van der Waals surface area contributed by atoms with Gasteiger partial charge < -0.3 is 0 Å². The third-order valence-electron chi connectivity index (χ3n) is 0.519. The zero-order valence-electron chi connectivity index (χ0n) is 4.07. The minimum absolute atomic E-state index is 0.346. The molecular formula is C3H6O3S2. The van der Waals surface area contributed by atoms with E-state index in [0.717, 1.165) is 11.1 Å². The summed E-state index contributed by atoms with van der Waals surface area (Å²) in [5, 5.41) is 0. The molecule has 5 heteroatoms. The molecule has 0 aromatic heterocycles. The molecule has 48 valence electrons. The van der Waals surface area contributed by atoms with Crippen LogP contribution in [-0.2, 0) is 7.81 Å². The lowest BCUT2D eigenvalue weighted by Crippen LogP contribution is -1.84. The average Bonchev–Trinajstić information content (AvgIpc) is 2.45. The molecule has 0 saturated carbocycles. The van der Waals surface area contributed by atoms with Crippen LogP contribution in [0.25, 0.3) is 0 Å². The minimum Gasteiger partial charge on any atom is -0.297 e. The van der Waals surface area contributed by atoms with Crippen molar-refractivity contribution in [2.24, 2.45) is 0 Å². The third kappa shape index (κ3) is 1.68. The van der Waals surface area contributed by atoms with Crippen molar-refractivity contribution in [1.82, 2.24) is 0 Å². The summed E-state index contributed by atoms with van der Waals surface area (Å²) in [7, 11) is -2.09. The molecule has 1 aliphatic rings. The van der Waals surface area contributed by atoms with E-state index in [1.54, 1.807) is 6.08 Å². The maximum absolute atomic E-state index is 8.81. The Balaban J connectivity index is 2.09. The first-order chi connectivity index (χ1) is 3.77. The molecule has 0 aromatic carbocycles. The predicted molar refractivity (Wildman–Crippen MR) is 35.0 cm³/mol. The van der Waals surface area contributed by atoms with Crippen molar-refractivity contribution in [3.05, 3.63) is 12.7 Å². The van der Waals surface area contributed by atoms with Gasteiger partial charge in [0.05, 0.1) is 6.61 Å². The Morgan fingerprint density at radius 3 is 3.00 bits per heavy atom. The normalized spacial score (nSPS) is 42.6. The molecule has 1 rings (SSSR count). The highest BCUT2D eigenvalue weighted by atomic mass is 33.2. The van der Waals surface area contributed by atoms with Crippen molar-refractivity contribution in [2.75, 3.05) is 6.61 Å². The van der Waals surface area contributed by atoms with E-state index in [1.807, 2.05) is 0 Å². The Morgan fingerprint density at radius 2 is 2.62 bits per heavy atom. The van der Waals surface area contributed by atoms with Gasteiger partial charge in [0.2, 0.25) is 0 Å². The van der Waals surface area contributed by atoms with Gasteiger partial charge in [-0.1, -0.05) is 6.08 Å². The molecule has 0 spiro atoms. The first-order valence-corrected chi connectivity index (χ1v) is 4.65. The highest BCUT2D eigenvalue weighted by molar-refractivity contribution is 8.98. The van der Waals surface area contributed by atoms with Gasteiger partial charge in [0.25, 0.3) is 0 Å². The topological polar surface area (TPSA) is 42.0 Å². The summed E-state index contributed by atoms with van der Waals surface area (Å²) in [5.41, 5.74) is 0. The highest BCUT2D eigenvalue weighted by Gasteiger charge is 2.42. The molecule has 0 amide bonds. The monoisotopic (exact) mass is 154 g/mol. The molecule has 1 unspecified atom stereocenters. The van der Waals surface area contributed by atoms with Crippen molar-refractivity contribution in [3.63, 3.8) is 0 Å². The second-order valence-corrected chi connectivity index (χ2v) is 4.58. The molecule has 1 aliphatic heterocycles. The molecule has 3 nitrogen and oxygen atoms in total. The molecular weight excluding hydrogens is 148 g/mol. The van der Waals surface area contributed by atoms with Gasteiger partial charge in [0.1, 0.15) is 11.1 Å². The minimum atomic E-state index is -2.09. The SMILES string of the molecule is C=CCOS1(O)OS1. The lowest BCUT2D eigenvalue weighted by atomic mass is 10.7. The fourth-order valence-corrected chi connectivity index (χ4v) is 1.56. The van der Waals surface area contributed by atoms with Crippen molar-refractivity contribution in [1.29, 1.82) is 0 Å². The van der Waals surface area contributed by atoms with Gasteiger partial charge in [0.15, 0.2) is 9.90 Å². The maximum Gasteiger partial charge on any atom is 0.186 e. The van der Waals surface area contributed by atoms with Gasteiger partial charge in [-0.15, -0.1) is 6.58 Å². The lowest BCUT2D eigenvalue weighted by molar-refractivity contribution is 0.343. The van der Waals surface area contributed by atoms with Gasteiger partial charge in [-0.05, 0) is 0 Å². The van der Waals surface area contributed by atoms with Crippen LogP contribution in [0.1, 0.15) is 0 Å². The van der Waals surface area contributed by atoms with Crippen LogP contribution in [0.3, 0.4) is 0 Å². The zero-order chi connectivity index (χ0) is 6.04. The third-order valence-corrected chi connectivity index (χ3v) is 2.72. The average molecular weight is 154 g/mol. The smallest absolute Gasteiger partial charge is 0.186 e. The second-order valence-electron chi connectivity index (χ2n) is 1.14. The number of hydrogen-bond acceptors (Lipinski definition) is 4. The summed E-state index contributed by atoms with van der Waals surface area (Å²) in [6.45, 7) is 3.75. The molecule has 8 heavy (non-hydrogen) atoms. The van der Waals surface area contributed by atoms with Gasteiger partial charge in [-0.25, -0.2) is 0 Å². The molecule has 1 N–H and O–H groups in total. The van der Waals surface area contributed by atoms with E-state index in [9.17, 15) is 0 Å². The standard InChI is InChI=1S/C3H6O3S2/c1-2-3-5-8(4)6-7-8/h2,4H,1,3H2. The van der Waals surface area contributed by atoms with Crippen LogP contribution in [0, 0.1) is 0 Å². The van der Waals surface area contributed by atoms with Gasteiger partial charge in [0, 0.05) is 0 Å². The molecule has 0 aliphatic carbocycles. The van der Waals surface area contributed by atoms with Crippen molar-refractivity contribution >= 4 is 21.0 Å². The Hall–Kier alpha value is 0.320. The van der Waals surface area contributed by atoms with Crippen molar-refractivity contribution in [3.8, 4) is 0 Å². The largest absolute Gasteiger partial charge is 0.297 e. The highest BCUT2D eigenvalue weighted by Crippen LogP contribution is 2.77. The van der Waals surface area contributed by atoms with E-state index in [4.69, 9.17) is 8.74 Å². The van der Waals surface area contributed by atoms with Crippen LogP contribution in [-0.4, -0.2) is 11.2 Å². The van der Waals surface area contributed by atoms with E-state index in [1.165, 1.54) is 0 Å². The van der Waals surface area contributed by atoms with Crippen LogP contribution in [0.2, 0.25) is 0 Å². The van der Waals surface area contributed by atoms with E-state index in [0.29, 0.717) is 6.61 Å². The summed E-state index contributed by atoms with van der Waals surface area (Å²) in [6.07, 6.45) is 1.56. The summed E-state index contributed by atoms with van der Waals surface area (Å²) in [6, 6.07) is 0. The molecule has 0 radical (unpaired) electrons.